The Balaban J connectivity index is 1.57. The number of anilines is 1. The van der Waals surface area contributed by atoms with Gasteiger partial charge in [0.1, 0.15) is 10.6 Å². The zero-order valence-electron chi connectivity index (χ0n) is 19.4. The van der Waals surface area contributed by atoms with E-state index in [2.05, 4.69) is 5.32 Å². The molecule has 2 amide bonds. The molecule has 0 spiro atoms. The molecule has 1 atom stereocenters. The van der Waals surface area contributed by atoms with Gasteiger partial charge in [-0.25, -0.2) is 8.42 Å². The Morgan fingerprint density at radius 3 is 2.53 bits per heavy atom. The van der Waals surface area contributed by atoms with Gasteiger partial charge in [0.25, 0.3) is 0 Å². The lowest BCUT2D eigenvalue weighted by Gasteiger charge is -2.32. The first kappa shape index (κ1) is 24.0. The summed E-state index contributed by atoms with van der Waals surface area (Å²) in [7, 11) is -2.33. The first-order valence-electron chi connectivity index (χ1n) is 11.4. The number of nitrogens with zero attached hydrogens (tertiary/aromatic N) is 2. The minimum absolute atomic E-state index is 0.0289. The minimum Gasteiger partial charge on any atom is -0.495 e. The summed E-state index contributed by atoms with van der Waals surface area (Å²) in [4.78, 5) is 26.8. The Bertz CT molecular complexity index is 1220. The van der Waals surface area contributed by atoms with E-state index in [9.17, 15) is 18.0 Å². The van der Waals surface area contributed by atoms with Crippen molar-refractivity contribution in [1.29, 1.82) is 0 Å². The number of piperidine rings is 1. The average Bonchev–Trinajstić information content (AvgIpc) is 2.84. The fraction of sp³-hybridized carbons (Fsp3) is 0.360. The van der Waals surface area contributed by atoms with Crippen LogP contribution in [0.2, 0.25) is 0 Å². The van der Waals surface area contributed by atoms with E-state index < -0.39 is 16.1 Å². The first-order valence-corrected chi connectivity index (χ1v) is 12.8. The monoisotopic (exact) mass is 483 g/mol. The lowest BCUT2D eigenvalue weighted by Crippen LogP contribution is -2.35. The highest BCUT2D eigenvalue weighted by atomic mass is 32.2. The maximum Gasteiger partial charge on any atom is 0.246 e. The molecule has 8 nitrogen and oxygen atoms in total. The van der Waals surface area contributed by atoms with Crippen LogP contribution in [-0.2, 0) is 19.6 Å². The Kier molecular flexibility index (Phi) is 7.04. The summed E-state index contributed by atoms with van der Waals surface area (Å²) in [6.07, 6.45) is 6.23. The van der Waals surface area contributed by atoms with Crippen LogP contribution in [0.25, 0.3) is 6.08 Å². The highest BCUT2D eigenvalue weighted by Crippen LogP contribution is 2.34. The Hall–Kier alpha value is -3.17. The van der Waals surface area contributed by atoms with Gasteiger partial charge < -0.3 is 15.0 Å². The van der Waals surface area contributed by atoms with Crippen LogP contribution in [0.3, 0.4) is 0 Å². The van der Waals surface area contributed by atoms with Crippen LogP contribution in [0, 0.1) is 0 Å². The molecule has 2 aliphatic rings. The SMILES string of the molecule is COc1ccc(NC(=O)CC2c3ccccc3C=CN2C(C)=O)cc1S(=O)(=O)N1CCCCC1. The molecule has 0 aliphatic carbocycles. The number of amides is 2. The summed E-state index contributed by atoms with van der Waals surface area (Å²) in [5.41, 5.74) is 2.20. The molecule has 2 aliphatic heterocycles. The highest BCUT2D eigenvalue weighted by molar-refractivity contribution is 7.89. The zero-order chi connectivity index (χ0) is 24.3. The van der Waals surface area contributed by atoms with E-state index in [0.29, 0.717) is 18.8 Å². The topological polar surface area (TPSA) is 96.0 Å². The van der Waals surface area contributed by atoms with Crippen molar-refractivity contribution < 1.29 is 22.7 Å². The van der Waals surface area contributed by atoms with Crippen molar-refractivity contribution in [3.63, 3.8) is 0 Å². The number of carbonyl (C=O) groups excluding carboxylic acids is 2. The van der Waals surface area contributed by atoms with Crippen LogP contribution in [0.15, 0.2) is 53.6 Å². The first-order chi connectivity index (χ1) is 16.3. The number of hydrogen-bond acceptors (Lipinski definition) is 5. The number of sulfonamides is 1. The number of methoxy groups -OCH3 is 1. The van der Waals surface area contributed by atoms with E-state index >= 15 is 0 Å². The van der Waals surface area contributed by atoms with Gasteiger partial charge in [0.05, 0.1) is 19.6 Å². The molecule has 2 aromatic rings. The van der Waals surface area contributed by atoms with Crippen molar-refractivity contribution >= 4 is 33.6 Å². The molecule has 4 rings (SSSR count). The molecule has 0 saturated carbocycles. The van der Waals surface area contributed by atoms with Gasteiger partial charge in [-0.05, 0) is 48.2 Å². The molecule has 2 aromatic carbocycles. The van der Waals surface area contributed by atoms with Crippen molar-refractivity contribution in [2.75, 3.05) is 25.5 Å². The van der Waals surface area contributed by atoms with E-state index in [0.717, 1.165) is 30.4 Å². The third kappa shape index (κ3) is 4.85. The van der Waals surface area contributed by atoms with Crippen molar-refractivity contribution in [3.05, 3.63) is 59.8 Å². The van der Waals surface area contributed by atoms with E-state index in [-0.39, 0.29) is 28.9 Å². The fourth-order valence-electron chi connectivity index (χ4n) is 4.50. The zero-order valence-corrected chi connectivity index (χ0v) is 20.2. The van der Waals surface area contributed by atoms with Gasteiger partial charge in [-0.15, -0.1) is 0 Å². The standard InChI is InChI=1S/C25H29N3O5S/c1-18(29)28-15-12-19-8-4-5-9-21(19)22(28)17-25(30)26-20-10-11-23(33-2)24(16-20)34(31,32)27-13-6-3-7-14-27/h4-5,8-12,15-16,22H,3,6-7,13-14,17H2,1-2H3,(H,26,30). The summed E-state index contributed by atoms with van der Waals surface area (Å²) in [6, 6.07) is 11.8. The van der Waals surface area contributed by atoms with Gasteiger partial charge in [-0.2, -0.15) is 4.31 Å². The lowest BCUT2D eigenvalue weighted by molar-refractivity contribution is -0.129. The molecular weight excluding hydrogens is 454 g/mol. The van der Waals surface area contributed by atoms with E-state index in [1.54, 1.807) is 23.2 Å². The van der Waals surface area contributed by atoms with Crippen LogP contribution >= 0.6 is 0 Å². The van der Waals surface area contributed by atoms with Crippen molar-refractivity contribution in [1.82, 2.24) is 9.21 Å². The second kappa shape index (κ2) is 9.99. The third-order valence-electron chi connectivity index (χ3n) is 6.23. The lowest BCUT2D eigenvalue weighted by atomic mass is 9.93. The van der Waals surface area contributed by atoms with Gasteiger partial charge in [-0.3, -0.25) is 9.59 Å². The number of hydrogen-bond donors (Lipinski definition) is 1. The largest absolute Gasteiger partial charge is 0.495 e. The minimum atomic E-state index is -3.76. The van der Waals surface area contributed by atoms with Gasteiger partial charge >= 0.3 is 0 Å². The Labute approximate surface area is 200 Å². The Morgan fingerprint density at radius 1 is 1.09 bits per heavy atom. The van der Waals surface area contributed by atoms with Gasteiger partial charge in [0, 0.05) is 31.9 Å². The summed E-state index contributed by atoms with van der Waals surface area (Å²) >= 11 is 0. The van der Waals surface area contributed by atoms with Crippen LogP contribution < -0.4 is 10.1 Å². The average molecular weight is 484 g/mol. The van der Waals surface area contributed by atoms with Crippen LogP contribution in [-0.4, -0.2) is 49.6 Å². The molecule has 34 heavy (non-hydrogen) atoms. The summed E-state index contributed by atoms with van der Waals surface area (Å²) < 4.78 is 33.3. The number of fused-ring (bicyclic) bond motifs is 1. The van der Waals surface area contributed by atoms with Gasteiger partial charge in [0.2, 0.25) is 21.8 Å². The predicted octanol–water partition coefficient (Wildman–Crippen LogP) is 3.77. The summed E-state index contributed by atoms with van der Waals surface area (Å²) in [6.45, 7) is 2.40. The maximum atomic E-state index is 13.3. The van der Waals surface area contributed by atoms with Crippen LogP contribution in [0.4, 0.5) is 5.69 Å². The number of benzene rings is 2. The molecule has 2 heterocycles. The van der Waals surface area contributed by atoms with E-state index in [1.165, 1.54) is 24.4 Å². The van der Waals surface area contributed by atoms with Crippen molar-refractivity contribution in [3.8, 4) is 5.75 Å². The maximum absolute atomic E-state index is 13.3. The van der Waals surface area contributed by atoms with E-state index in [4.69, 9.17) is 4.74 Å². The molecule has 180 valence electrons. The number of nitrogens with one attached hydrogen (secondary N) is 1. The van der Waals surface area contributed by atoms with Crippen LogP contribution in [0.5, 0.6) is 5.75 Å². The number of carbonyl (C=O) groups is 2. The number of rotatable bonds is 6. The van der Waals surface area contributed by atoms with Gasteiger partial charge in [0.15, 0.2) is 0 Å². The highest BCUT2D eigenvalue weighted by Gasteiger charge is 2.31. The predicted molar refractivity (Wildman–Crippen MR) is 130 cm³/mol. The normalized spacial score (nSPS) is 18.3. The fourth-order valence-corrected chi connectivity index (χ4v) is 6.20. The van der Waals surface area contributed by atoms with Crippen molar-refractivity contribution in [2.45, 2.75) is 43.5 Å². The molecule has 0 radical (unpaired) electrons. The molecule has 0 aromatic heterocycles. The molecule has 1 unspecified atom stereocenters. The second-order valence-electron chi connectivity index (χ2n) is 8.47. The molecule has 1 fully saturated rings. The summed E-state index contributed by atoms with van der Waals surface area (Å²) in [5, 5.41) is 2.81. The number of ether oxygens (including phenoxy) is 1. The van der Waals surface area contributed by atoms with Gasteiger partial charge in [-0.1, -0.05) is 30.7 Å². The van der Waals surface area contributed by atoms with Crippen LogP contribution in [0.1, 0.15) is 49.8 Å². The van der Waals surface area contributed by atoms with E-state index in [1.807, 2.05) is 30.3 Å². The molecular formula is C25H29N3O5S. The quantitative estimate of drug-likeness (QED) is 0.675. The molecule has 9 heteroatoms. The third-order valence-corrected chi connectivity index (χ3v) is 8.15. The smallest absolute Gasteiger partial charge is 0.246 e. The second-order valence-corrected chi connectivity index (χ2v) is 10.4. The Morgan fingerprint density at radius 2 is 1.82 bits per heavy atom. The summed E-state index contributed by atoms with van der Waals surface area (Å²) in [5.74, 6) is -0.256. The molecule has 0 bridgehead atoms. The van der Waals surface area contributed by atoms with Crippen molar-refractivity contribution in [2.24, 2.45) is 0 Å². The molecule has 1 N–H and O–H groups in total. The molecule has 1 saturated heterocycles.